The summed E-state index contributed by atoms with van der Waals surface area (Å²) in [4.78, 5) is 2.32. The van der Waals surface area contributed by atoms with E-state index in [-0.39, 0.29) is 5.82 Å². The Bertz CT molecular complexity index is 335. The second-order valence-electron chi connectivity index (χ2n) is 5.17. The first-order valence-corrected chi connectivity index (χ1v) is 6.71. The largest absolute Gasteiger partial charge is 0.313 e. The highest BCUT2D eigenvalue weighted by molar-refractivity contribution is 5.15. The number of halogens is 1. The fourth-order valence-corrected chi connectivity index (χ4v) is 1.99. The van der Waals surface area contributed by atoms with Crippen LogP contribution in [0, 0.1) is 5.82 Å². The highest BCUT2D eigenvalue weighted by Gasteiger charge is 2.13. The summed E-state index contributed by atoms with van der Waals surface area (Å²) in [6.45, 7) is 8.37. The lowest BCUT2D eigenvalue weighted by Crippen LogP contribution is -2.41. The lowest BCUT2D eigenvalue weighted by molar-refractivity contribution is 0.218. The molecule has 102 valence electrons. The van der Waals surface area contributed by atoms with Crippen LogP contribution in [0.4, 0.5) is 4.39 Å². The Kier molecular flexibility index (Phi) is 6.30. The van der Waals surface area contributed by atoms with Gasteiger partial charge in [0.2, 0.25) is 0 Å². The molecular formula is C15H25FN2. The number of benzene rings is 1. The summed E-state index contributed by atoms with van der Waals surface area (Å²) in [6.07, 6.45) is 1.11. The summed E-state index contributed by atoms with van der Waals surface area (Å²) in [7, 11) is 2.12. The van der Waals surface area contributed by atoms with E-state index in [9.17, 15) is 4.39 Å². The van der Waals surface area contributed by atoms with Crippen LogP contribution in [0.5, 0.6) is 0 Å². The minimum Gasteiger partial charge on any atom is -0.313 e. The van der Waals surface area contributed by atoms with Gasteiger partial charge in [0.25, 0.3) is 0 Å². The standard InChI is InChI=1S/C15H25FN2/c1-5-15(10-17-12(2)3)18(4)11-13-6-8-14(16)9-7-13/h6-9,12,15,17H,5,10-11H2,1-4H3. The minimum absolute atomic E-state index is 0.171. The molecule has 0 radical (unpaired) electrons. The van der Waals surface area contributed by atoms with E-state index >= 15 is 0 Å². The van der Waals surface area contributed by atoms with E-state index in [4.69, 9.17) is 0 Å². The van der Waals surface area contributed by atoms with E-state index in [0.29, 0.717) is 12.1 Å². The Morgan fingerprint density at radius 1 is 1.22 bits per heavy atom. The molecule has 1 N–H and O–H groups in total. The Hall–Kier alpha value is -0.930. The van der Waals surface area contributed by atoms with Crippen LogP contribution in [0.3, 0.4) is 0 Å². The fraction of sp³-hybridized carbons (Fsp3) is 0.600. The molecule has 0 bridgehead atoms. The molecule has 0 saturated carbocycles. The maximum atomic E-state index is 12.8. The normalized spacial score (nSPS) is 13.3. The van der Waals surface area contributed by atoms with Gasteiger partial charge in [-0.25, -0.2) is 4.39 Å². The first-order valence-electron chi connectivity index (χ1n) is 6.71. The molecular weight excluding hydrogens is 227 g/mol. The van der Waals surface area contributed by atoms with Gasteiger partial charge in [0, 0.05) is 25.2 Å². The fourth-order valence-electron chi connectivity index (χ4n) is 1.99. The first-order chi connectivity index (χ1) is 8.52. The zero-order valence-electron chi connectivity index (χ0n) is 11.9. The lowest BCUT2D eigenvalue weighted by atomic mass is 10.1. The number of hydrogen-bond donors (Lipinski definition) is 1. The number of likely N-dealkylation sites (N-methyl/N-ethyl adjacent to an activating group) is 1. The predicted molar refractivity (Wildman–Crippen MR) is 75.1 cm³/mol. The van der Waals surface area contributed by atoms with E-state index < -0.39 is 0 Å². The van der Waals surface area contributed by atoms with Gasteiger partial charge in [0.15, 0.2) is 0 Å². The molecule has 0 spiro atoms. The van der Waals surface area contributed by atoms with Crippen LogP contribution in [0.15, 0.2) is 24.3 Å². The third-order valence-electron chi connectivity index (χ3n) is 3.20. The summed E-state index contributed by atoms with van der Waals surface area (Å²) in [6, 6.07) is 7.78. The van der Waals surface area contributed by atoms with Crippen LogP contribution >= 0.6 is 0 Å². The number of hydrogen-bond acceptors (Lipinski definition) is 2. The van der Waals surface area contributed by atoms with Crippen LogP contribution in [-0.2, 0) is 6.54 Å². The van der Waals surface area contributed by atoms with Gasteiger partial charge >= 0.3 is 0 Å². The third kappa shape index (κ3) is 5.15. The van der Waals surface area contributed by atoms with Gasteiger partial charge in [0.05, 0.1) is 0 Å². The monoisotopic (exact) mass is 252 g/mol. The van der Waals surface area contributed by atoms with Crippen molar-refractivity contribution in [2.24, 2.45) is 0 Å². The zero-order chi connectivity index (χ0) is 13.5. The van der Waals surface area contributed by atoms with Gasteiger partial charge < -0.3 is 5.32 Å². The topological polar surface area (TPSA) is 15.3 Å². The molecule has 0 saturated heterocycles. The second kappa shape index (κ2) is 7.49. The molecule has 3 heteroatoms. The quantitative estimate of drug-likeness (QED) is 0.802. The molecule has 0 aliphatic heterocycles. The summed E-state index contributed by atoms with van der Waals surface area (Å²) in [5.41, 5.74) is 1.15. The van der Waals surface area contributed by atoms with Gasteiger partial charge in [-0.1, -0.05) is 32.9 Å². The Morgan fingerprint density at radius 2 is 1.83 bits per heavy atom. The van der Waals surface area contributed by atoms with Crippen molar-refractivity contribution in [2.75, 3.05) is 13.6 Å². The Morgan fingerprint density at radius 3 is 2.33 bits per heavy atom. The maximum Gasteiger partial charge on any atom is 0.123 e. The molecule has 0 heterocycles. The van der Waals surface area contributed by atoms with E-state index in [1.165, 1.54) is 12.1 Å². The third-order valence-corrected chi connectivity index (χ3v) is 3.20. The summed E-state index contributed by atoms with van der Waals surface area (Å²) in [5, 5.41) is 3.47. The average molecular weight is 252 g/mol. The molecule has 1 rings (SSSR count). The number of nitrogens with zero attached hydrogens (tertiary/aromatic N) is 1. The lowest BCUT2D eigenvalue weighted by Gasteiger charge is -2.28. The predicted octanol–water partition coefficient (Wildman–Crippen LogP) is 3.03. The highest BCUT2D eigenvalue weighted by atomic mass is 19.1. The van der Waals surface area contributed by atoms with Gasteiger partial charge in [-0.05, 0) is 31.2 Å². The van der Waals surface area contributed by atoms with E-state index in [1.807, 2.05) is 12.1 Å². The summed E-state index contributed by atoms with van der Waals surface area (Å²) < 4.78 is 12.8. The minimum atomic E-state index is -0.171. The van der Waals surface area contributed by atoms with Gasteiger partial charge in [-0.3, -0.25) is 4.90 Å². The van der Waals surface area contributed by atoms with Gasteiger partial charge in [-0.2, -0.15) is 0 Å². The molecule has 0 aliphatic rings. The van der Waals surface area contributed by atoms with Crippen molar-refractivity contribution in [3.8, 4) is 0 Å². The summed E-state index contributed by atoms with van der Waals surface area (Å²) in [5.74, 6) is -0.171. The molecule has 1 atom stereocenters. The van der Waals surface area contributed by atoms with E-state index in [1.54, 1.807) is 0 Å². The van der Waals surface area contributed by atoms with Crippen molar-refractivity contribution in [1.82, 2.24) is 10.2 Å². The van der Waals surface area contributed by atoms with Crippen molar-refractivity contribution in [2.45, 2.75) is 45.8 Å². The summed E-state index contributed by atoms with van der Waals surface area (Å²) >= 11 is 0. The highest BCUT2D eigenvalue weighted by Crippen LogP contribution is 2.09. The van der Waals surface area contributed by atoms with Crippen LogP contribution in [-0.4, -0.2) is 30.6 Å². The van der Waals surface area contributed by atoms with Crippen molar-refractivity contribution in [1.29, 1.82) is 0 Å². The molecule has 1 aromatic rings. The van der Waals surface area contributed by atoms with E-state index in [2.05, 4.69) is 38.0 Å². The molecule has 0 aromatic heterocycles. The van der Waals surface area contributed by atoms with Crippen LogP contribution < -0.4 is 5.32 Å². The SMILES string of the molecule is CCC(CNC(C)C)N(C)Cc1ccc(F)cc1. The van der Waals surface area contributed by atoms with Crippen LogP contribution in [0.1, 0.15) is 32.8 Å². The Balaban J connectivity index is 2.50. The molecule has 2 nitrogen and oxygen atoms in total. The molecule has 0 amide bonds. The average Bonchev–Trinajstić information content (AvgIpc) is 2.32. The smallest absolute Gasteiger partial charge is 0.123 e. The second-order valence-corrected chi connectivity index (χ2v) is 5.17. The molecule has 0 fully saturated rings. The maximum absolute atomic E-state index is 12.8. The zero-order valence-corrected chi connectivity index (χ0v) is 11.9. The van der Waals surface area contributed by atoms with Crippen molar-refractivity contribution in [3.63, 3.8) is 0 Å². The van der Waals surface area contributed by atoms with Crippen LogP contribution in [0.2, 0.25) is 0 Å². The first kappa shape index (κ1) is 15.1. The number of rotatable bonds is 7. The van der Waals surface area contributed by atoms with E-state index in [0.717, 1.165) is 25.1 Å². The Labute approximate surface area is 110 Å². The number of nitrogens with one attached hydrogen (secondary N) is 1. The van der Waals surface area contributed by atoms with Crippen molar-refractivity contribution < 1.29 is 4.39 Å². The van der Waals surface area contributed by atoms with Crippen molar-refractivity contribution >= 4 is 0 Å². The van der Waals surface area contributed by atoms with Crippen molar-refractivity contribution in [3.05, 3.63) is 35.6 Å². The van der Waals surface area contributed by atoms with Crippen LogP contribution in [0.25, 0.3) is 0 Å². The van der Waals surface area contributed by atoms with Gasteiger partial charge in [-0.15, -0.1) is 0 Å². The molecule has 1 unspecified atom stereocenters. The van der Waals surface area contributed by atoms with Gasteiger partial charge in [0.1, 0.15) is 5.82 Å². The molecule has 18 heavy (non-hydrogen) atoms. The molecule has 0 aliphatic carbocycles. The molecule has 1 aromatic carbocycles.